The Morgan fingerprint density at radius 2 is 1.57 bits per heavy atom. The third kappa shape index (κ3) is 3.51. The van der Waals surface area contributed by atoms with Gasteiger partial charge in [0.25, 0.3) is 11.8 Å². The Bertz CT molecular complexity index is 1170. The lowest BCUT2D eigenvalue weighted by molar-refractivity contribution is -0.119. The van der Waals surface area contributed by atoms with Crippen LogP contribution >= 0.6 is 23.4 Å². The highest BCUT2D eigenvalue weighted by Gasteiger charge is 2.42. The molecule has 3 aromatic rings. The Hall–Kier alpha value is -3.02. The van der Waals surface area contributed by atoms with Gasteiger partial charge in [0, 0.05) is 15.5 Å². The second kappa shape index (κ2) is 8.38. The molecule has 0 N–H and O–H groups in total. The van der Waals surface area contributed by atoms with E-state index in [1.807, 2.05) is 42.5 Å². The molecule has 0 bridgehead atoms. The zero-order chi connectivity index (χ0) is 21.3. The molecule has 4 nitrogen and oxygen atoms in total. The molecule has 6 heteroatoms. The number of hydrogen-bond acceptors (Lipinski definition) is 4. The first-order valence-corrected chi connectivity index (χ1v) is 10.5. The van der Waals surface area contributed by atoms with Gasteiger partial charge in [0.1, 0.15) is 5.75 Å². The minimum absolute atomic E-state index is 0.325. The Balaban J connectivity index is 1.89. The first kappa shape index (κ1) is 20.3. The molecule has 0 unspecified atom stereocenters. The van der Waals surface area contributed by atoms with Crippen LogP contribution in [0.5, 0.6) is 5.75 Å². The zero-order valence-electron chi connectivity index (χ0n) is 16.4. The zero-order valence-corrected chi connectivity index (χ0v) is 18.0. The van der Waals surface area contributed by atoms with Gasteiger partial charge in [-0.3, -0.25) is 9.59 Å². The highest BCUT2D eigenvalue weighted by Crippen LogP contribution is 2.44. The molecular formula is C24H18ClNO3S. The maximum Gasteiger partial charge on any atom is 0.272 e. The van der Waals surface area contributed by atoms with Crippen molar-refractivity contribution in [1.82, 2.24) is 0 Å². The molecule has 2 amide bonds. The van der Waals surface area contributed by atoms with Gasteiger partial charge in [-0.15, -0.1) is 0 Å². The molecule has 30 heavy (non-hydrogen) atoms. The molecule has 0 saturated carbocycles. The number of amides is 2. The van der Waals surface area contributed by atoms with E-state index in [2.05, 4.69) is 0 Å². The Morgan fingerprint density at radius 3 is 2.30 bits per heavy atom. The minimum atomic E-state index is -0.395. The van der Waals surface area contributed by atoms with Crippen molar-refractivity contribution in [2.45, 2.75) is 11.8 Å². The Labute approximate surface area is 184 Å². The number of imide groups is 1. The second-order valence-corrected chi connectivity index (χ2v) is 8.14. The lowest BCUT2D eigenvalue weighted by Gasteiger charge is -2.18. The second-order valence-electron chi connectivity index (χ2n) is 6.65. The van der Waals surface area contributed by atoms with Crippen molar-refractivity contribution in [1.29, 1.82) is 0 Å². The summed E-state index contributed by atoms with van der Waals surface area (Å²) in [5.74, 6) is -0.238. The molecule has 1 aliphatic heterocycles. The highest BCUT2D eigenvalue weighted by atomic mass is 35.5. The van der Waals surface area contributed by atoms with Gasteiger partial charge in [0.15, 0.2) is 0 Å². The van der Waals surface area contributed by atoms with E-state index >= 15 is 0 Å². The standard InChI is InChI=1S/C24H18ClNO3S/c1-15-18(25)12-8-13-19(15)26-23(27)21(17-11-6-7-14-20(17)29-2)22(24(26)28)30-16-9-4-3-5-10-16/h3-14H,1-2H3. The number of ether oxygens (including phenoxy) is 1. The quantitative estimate of drug-likeness (QED) is 0.480. The van der Waals surface area contributed by atoms with Crippen molar-refractivity contribution in [3.05, 3.63) is 93.9 Å². The summed E-state index contributed by atoms with van der Waals surface area (Å²) in [4.78, 5) is 29.5. The van der Waals surface area contributed by atoms with Crippen LogP contribution < -0.4 is 9.64 Å². The fourth-order valence-electron chi connectivity index (χ4n) is 3.36. The number of anilines is 1. The van der Waals surface area contributed by atoms with Gasteiger partial charge in [-0.05, 0) is 42.8 Å². The van der Waals surface area contributed by atoms with Gasteiger partial charge >= 0.3 is 0 Å². The van der Waals surface area contributed by atoms with E-state index in [4.69, 9.17) is 16.3 Å². The number of benzene rings is 3. The van der Waals surface area contributed by atoms with Crippen molar-refractivity contribution in [3.8, 4) is 5.75 Å². The van der Waals surface area contributed by atoms with E-state index in [1.165, 1.54) is 16.7 Å². The van der Waals surface area contributed by atoms with E-state index in [0.717, 1.165) is 4.90 Å². The number of rotatable bonds is 5. The highest BCUT2D eigenvalue weighted by molar-refractivity contribution is 8.04. The van der Waals surface area contributed by atoms with Crippen LogP contribution in [0.15, 0.2) is 82.6 Å². The first-order valence-electron chi connectivity index (χ1n) is 9.27. The maximum absolute atomic E-state index is 13.6. The number of thioether (sulfide) groups is 1. The largest absolute Gasteiger partial charge is 0.496 e. The predicted octanol–water partition coefficient (Wildman–Crippen LogP) is 5.73. The summed E-state index contributed by atoms with van der Waals surface area (Å²) in [7, 11) is 1.55. The number of nitrogens with zero attached hydrogens (tertiary/aromatic N) is 1. The van der Waals surface area contributed by atoms with E-state index in [1.54, 1.807) is 44.4 Å². The summed E-state index contributed by atoms with van der Waals surface area (Å²) >= 11 is 7.54. The van der Waals surface area contributed by atoms with Crippen molar-refractivity contribution in [2.75, 3.05) is 12.0 Å². The number of carbonyl (C=O) groups is 2. The average molecular weight is 436 g/mol. The van der Waals surface area contributed by atoms with Gasteiger partial charge in [-0.1, -0.05) is 65.8 Å². The van der Waals surface area contributed by atoms with Crippen LogP contribution in [-0.4, -0.2) is 18.9 Å². The van der Waals surface area contributed by atoms with E-state index in [9.17, 15) is 9.59 Å². The number of carbonyl (C=O) groups excluding carboxylic acids is 2. The molecule has 1 aliphatic rings. The van der Waals surface area contributed by atoms with Crippen LogP contribution in [0.3, 0.4) is 0 Å². The first-order chi connectivity index (χ1) is 14.5. The molecule has 0 saturated heterocycles. The van der Waals surface area contributed by atoms with Crippen molar-refractivity contribution in [2.24, 2.45) is 0 Å². The Kier molecular flexibility index (Phi) is 5.66. The monoisotopic (exact) mass is 435 g/mol. The molecule has 0 aromatic heterocycles. The summed E-state index contributed by atoms with van der Waals surface area (Å²) in [6.45, 7) is 1.79. The molecule has 150 valence electrons. The minimum Gasteiger partial charge on any atom is -0.496 e. The van der Waals surface area contributed by atoms with Gasteiger partial charge in [-0.25, -0.2) is 4.90 Å². The van der Waals surface area contributed by atoms with Crippen molar-refractivity contribution < 1.29 is 14.3 Å². The van der Waals surface area contributed by atoms with Crippen LogP contribution in [0.2, 0.25) is 5.02 Å². The molecule has 0 fully saturated rings. The molecular weight excluding hydrogens is 418 g/mol. The maximum atomic E-state index is 13.6. The molecule has 0 atom stereocenters. The summed E-state index contributed by atoms with van der Waals surface area (Å²) in [6, 6.07) is 21.9. The molecule has 0 spiro atoms. The molecule has 4 rings (SSSR count). The van der Waals surface area contributed by atoms with E-state index < -0.39 is 5.91 Å². The van der Waals surface area contributed by atoms with Gasteiger partial charge in [0.05, 0.1) is 23.3 Å². The lowest BCUT2D eigenvalue weighted by atomic mass is 10.0. The summed E-state index contributed by atoms with van der Waals surface area (Å²) in [5.41, 5.74) is 2.06. The summed E-state index contributed by atoms with van der Waals surface area (Å²) < 4.78 is 5.48. The van der Waals surface area contributed by atoms with Crippen molar-refractivity contribution in [3.63, 3.8) is 0 Å². The summed E-state index contributed by atoms with van der Waals surface area (Å²) in [5, 5.41) is 0.496. The van der Waals surface area contributed by atoms with Crippen LogP contribution in [0, 0.1) is 6.92 Å². The molecule has 3 aromatic carbocycles. The fraction of sp³-hybridized carbons (Fsp3) is 0.0833. The average Bonchev–Trinajstić information content (AvgIpc) is 3.00. The molecule has 0 radical (unpaired) electrons. The van der Waals surface area contributed by atoms with Gasteiger partial charge in [0.2, 0.25) is 0 Å². The van der Waals surface area contributed by atoms with Gasteiger partial charge in [-0.2, -0.15) is 0 Å². The van der Waals surface area contributed by atoms with Crippen LogP contribution in [-0.2, 0) is 9.59 Å². The third-order valence-electron chi connectivity index (χ3n) is 4.86. The lowest BCUT2D eigenvalue weighted by Crippen LogP contribution is -2.32. The van der Waals surface area contributed by atoms with E-state index in [0.29, 0.717) is 38.1 Å². The fourth-order valence-corrected chi connectivity index (χ4v) is 4.53. The number of halogens is 1. The molecule has 1 heterocycles. The van der Waals surface area contributed by atoms with Crippen molar-refractivity contribution >= 4 is 46.4 Å². The topological polar surface area (TPSA) is 46.6 Å². The van der Waals surface area contributed by atoms with Crippen LogP contribution in [0.25, 0.3) is 5.57 Å². The normalized spacial score (nSPS) is 13.9. The predicted molar refractivity (Wildman–Crippen MR) is 121 cm³/mol. The van der Waals surface area contributed by atoms with Gasteiger partial charge < -0.3 is 4.74 Å². The van der Waals surface area contributed by atoms with E-state index in [-0.39, 0.29) is 5.91 Å². The SMILES string of the molecule is COc1ccccc1C1=C(Sc2ccccc2)C(=O)N(c2cccc(Cl)c2C)C1=O. The third-order valence-corrected chi connectivity index (χ3v) is 6.36. The van der Waals surface area contributed by atoms with Crippen LogP contribution in [0.4, 0.5) is 5.69 Å². The summed E-state index contributed by atoms with van der Waals surface area (Å²) in [6.07, 6.45) is 0. The smallest absolute Gasteiger partial charge is 0.272 e. The molecule has 0 aliphatic carbocycles. The number of methoxy groups -OCH3 is 1. The number of hydrogen-bond donors (Lipinski definition) is 0. The number of para-hydroxylation sites is 1. The Morgan fingerprint density at radius 1 is 0.867 bits per heavy atom. The van der Waals surface area contributed by atoms with Crippen LogP contribution in [0.1, 0.15) is 11.1 Å².